The highest BCUT2D eigenvalue weighted by Crippen LogP contribution is 2.21. The maximum atomic E-state index is 11.7. The number of hydrogen-bond donors (Lipinski definition) is 2. The number of hydrogen-bond acceptors (Lipinski definition) is 3. The molecule has 5 heteroatoms. The summed E-state index contributed by atoms with van der Waals surface area (Å²) in [6.45, 7) is 5.79. The Labute approximate surface area is 101 Å². The van der Waals surface area contributed by atoms with Gasteiger partial charge in [0.1, 0.15) is 11.1 Å². The third kappa shape index (κ3) is 3.38. The summed E-state index contributed by atoms with van der Waals surface area (Å²) in [5, 5.41) is 5.24. The van der Waals surface area contributed by atoms with Crippen LogP contribution in [0.3, 0.4) is 0 Å². The third-order valence-corrected chi connectivity index (χ3v) is 2.42. The van der Waals surface area contributed by atoms with Gasteiger partial charge in [0, 0.05) is 13.0 Å². The molecule has 1 aliphatic heterocycles. The average molecular weight is 238 g/mol. The summed E-state index contributed by atoms with van der Waals surface area (Å²) < 4.78 is 5.12. The van der Waals surface area contributed by atoms with Crippen molar-refractivity contribution in [3.8, 4) is 12.3 Å². The number of carbonyl (C=O) groups is 2. The zero-order chi connectivity index (χ0) is 13.1. The molecule has 1 rings (SSSR count). The van der Waals surface area contributed by atoms with Crippen LogP contribution in [0.2, 0.25) is 0 Å². The molecule has 1 heterocycles. The van der Waals surface area contributed by atoms with Gasteiger partial charge < -0.3 is 15.4 Å². The lowest BCUT2D eigenvalue weighted by Gasteiger charge is -2.27. The van der Waals surface area contributed by atoms with E-state index >= 15 is 0 Å². The van der Waals surface area contributed by atoms with Gasteiger partial charge in [0.25, 0.3) is 0 Å². The van der Waals surface area contributed by atoms with E-state index in [1.54, 1.807) is 20.8 Å². The molecular weight excluding hydrogens is 220 g/mol. The molecule has 2 N–H and O–H groups in total. The molecule has 0 aromatic rings. The van der Waals surface area contributed by atoms with Gasteiger partial charge in [-0.25, -0.2) is 4.79 Å². The zero-order valence-electron chi connectivity index (χ0n) is 10.4. The van der Waals surface area contributed by atoms with E-state index in [0.717, 1.165) is 0 Å². The summed E-state index contributed by atoms with van der Waals surface area (Å²) in [5.74, 6) is 2.17. The van der Waals surface area contributed by atoms with Gasteiger partial charge in [0.2, 0.25) is 5.91 Å². The first-order valence-electron chi connectivity index (χ1n) is 5.52. The Hall–Kier alpha value is -1.70. The summed E-state index contributed by atoms with van der Waals surface area (Å²) in [6, 6.07) is 0. The van der Waals surface area contributed by atoms with E-state index in [1.165, 1.54) is 0 Å². The minimum atomic E-state index is -1.02. The molecule has 1 saturated heterocycles. The van der Waals surface area contributed by atoms with Crippen LogP contribution >= 0.6 is 0 Å². The topological polar surface area (TPSA) is 67.4 Å². The quantitative estimate of drug-likeness (QED) is 0.699. The maximum absolute atomic E-state index is 11.7. The van der Waals surface area contributed by atoms with Crippen molar-refractivity contribution in [1.29, 1.82) is 0 Å². The highest BCUT2D eigenvalue weighted by Gasteiger charge is 2.43. The first-order valence-corrected chi connectivity index (χ1v) is 5.52. The van der Waals surface area contributed by atoms with Crippen LogP contribution in [0.25, 0.3) is 0 Å². The van der Waals surface area contributed by atoms with Crippen molar-refractivity contribution in [3.05, 3.63) is 0 Å². The van der Waals surface area contributed by atoms with E-state index in [-0.39, 0.29) is 12.3 Å². The Kier molecular flexibility index (Phi) is 3.66. The van der Waals surface area contributed by atoms with E-state index in [1.807, 2.05) is 0 Å². The van der Waals surface area contributed by atoms with Crippen molar-refractivity contribution in [2.75, 3.05) is 6.54 Å². The van der Waals surface area contributed by atoms with Crippen molar-refractivity contribution in [1.82, 2.24) is 10.6 Å². The molecule has 2 amide bonds. The normalized spacial score (nSPS) is 23.8. The lowest BCUT2D eigenvalue weighted by atomic mass is 9.94. The van der Waals surface area contributed by atoms with Crippen LogP contribution in [-0.4, -0.2) is 29.7 Å². The van der Waals surface area contributed by atoms with E-state index in [2.05, 4.69) is 16.6 Å². The van der Waals surface area contributed by atoms with Crippen molar-refractivity contribution >= 4 is 12.0 Å². The Morgan fingerprint density at radius 1 is 1.65 bits per heavy atom. The van der Waals surface area contributed by atoms with E-state index < -0.39 is 17.2 Å². The summed E-state index contributed by atoms with van der Waals surface area (Å²) in [7, 11) is 0. The number of amides is 2. The smallest absolute Gasteiger partial charge is 0.408 e. The SMILES string of the molecule is C#CC[C@]1(NC(=O)OC(C)(C)C)CCNC1=O. The molecule has 0 bridgehead atoms. The monoisotopic (exact) mass is 238 g/mol. The fourth-order valence-corrected chi connectivity index (χ4v) is 1.68. The van der Waals surface area contributed by atoms with Gasteiger partial charge in [-0.3, -0.25) is 4.79 Å². The molecule has 0 radical (unpaired) electrons. The van der Waals surface area contributed by atoms with Crippen LogP contribution in [0, 0.1) is 12.3 Å². The Bertz CT molecular complexity index is 365. The summed E-state index contributed by atoms with van der Waals surface area (Å²) >= 11 is 0. The van der Waals surface area contributed by atoms with Gasteiger partial charge >= 0.3 is 6.09 Å². The van der Waals surface area contributed by atoms with Gasteiger partial charge in [-0.2, -0.15) is 0 Å². The lowest BCUT2D eigenvalue weighted by molar-refractivity contribution is -0.124. The number of carbonyl (C=O) groups excluding carboxylic acids is 2. The number of nitrogens with one attached hydrogen (secondary N) is 2. The van der Waals surface area contributed by atoms with Crippen LogP contribution in [0.15, 0.2) is 0 Å². The summed E-state index contributed by atoms with van der Waals surface area (Å²) in [6.07, 6.45) is 5.26. The predicted molar refractivity (Wildman–Crippen MR) is 63.2 cm³/mol. The van der Waals surface area contributed by atoms with Crippen molar-refractivity contribution in [2.24, 2.45) is 0 Å². The van der Waals surface area contributed by atoms with Gasteiger partial charge in [-0.1, -0.05) is 0 Å². The van der Waals surface area contributed by atoms with Crippen LogP contribution in [0.4, 0.5) is 4.79 Å². The predicted octanol–water partition coefficient (Wildman–Crippen LogP) is 0.793. The minimum absolute atomic E-state index is 0.165. The fraction of sp³-hybridized carbons (Fsp3) is 0.667. The molecule has 5 nitrogen and oxygen atoms in total. The van der Waals surface area contributed by atoms with Gasteiger partial charge in [-0.05, 0) is 27.2 Å². The molecule has 1 fully saturated rings. The second kappa shape index (κ2) is 4.66. The van der Waals surface area contributed by atoms with Crippen molar-refractivity contribution in [2.45, 2.75) is 44.8 Å². The van der Waals surface area contributed by atoms with Crippen LogP contribution in [-0.2, 0) is 9.53 Å². The molecule has 0 unspecified atom stereocenters. The first-order chi connectivity index (χ1) is 7.79. The molecule has 94 valence electrons. The van der Waals surface area contributed by atoms with Gasteiger partial charge in [0.15, 0.2) is 0 Å². The lowest BCUT2D eigenvalue weighted by Crippen LogP contribution is -2.54. The number of ether oxygens (including phenoxy) is 1. The van der Waals surface area contributed by atoms with Gasteiger partial charge in [-0.15, -0.1) is 12.3 Å². The average Bonchev–Trinajstić information content (AvgIpc) is 2.45. The van der Waals surface area contributed by atoms with E-state index in [4.69, 9.17) is 11.2 Å². The molecule has 0 aromatic carbocycles. The van der Waals surface area contributed by atoms with Crippen molar-refractivity contribution in [3.63, 3.8) is 0 Å². The van der Waals surface area contributed by atoms with E-state index in [0.29, 0.717) is 13.0 Å². The maximum Gasteiger partial charge on any atom is 0.408 e. The molecule has 0 saturated carbocycles. The largest absolute Gasteiger partial charge is 0.444 e. The van der Waals surface area contributed by atoms with Crippen LogP contribution in [0.1, 0.15) is 33.6 Å². The standard InChI is InChI=1S/C12H18N2O3/c1-5-6-12(7-8-13-9(12)15)14-10(16)17-11(2,3)4/h1H,6-8H2,2-4H3,(H,13,15)(H,14,16)/t12-/m0/s1. The molecular formula is C12H18N2O3. The molecule has 0 spiro atoms. The second-order valence-electron chi connectivity index (χ2n) is 5.10. The Balaban J connectivity index is 2.72. The van der Waals surface area contributed by atoms with Crippen molar-refractivity contribution < 1.29 is 14.3 Å². The third-order valence-electron chi connectivity index (χ3n) is 2.42. The number of rotatable bonds is 2. The first kappa shape index (κ1) is 13.4. The minimum Gasteiger partial charge on any atom is -0.444 e. The molecule has 1 aliphatic rings. The molecule has 1 atom stereocenters. The fourth-order valence-electron chi connectivity index (χ4n) is 1.68. The Morgan fingerprint density at radius 2 is 2.29 bits per heavy atom. The number of terminal acetylenes is 1. The summed E-state index contributed by atoms with van der Waals surface area (Å²) in [5.41, 5.74) is -1.62. The highest BCUT2D eigenvalue weighted by molar-refractivity contribution is 5.92. The second-order valence-corrected chi connectivity index (χ2v) is 5.10. The van der Waals surface area contributed by atoms with Gasteiger partial charge in [0.05, 0.1) is 0 Å². The van der Waals surface area contributed by atoms with Crippen LogP contribution in [0.5, 0.6) is 0 Å². The summed E-state index contributed by atoms with van der Waals surface area (Å²) in [4.78, 5) is 23.4. The highest BCUT2D eigenvalue weighted by atomic mass is 16.6. The molecule has 0 aromatic heterocycles. The van der Waals surface area contributed by atoms with E-state index in [9.17, 15) is 9.59 Å². The molecule has 17 heavy (non-hydrogen) atoms. The number of alkyl carbamates (subject to hydrolysis) is 1. The van der Waals surface area contributed by atoms with Crippen LogP contribution < -0.4 is 10.6 Å². The zero-order valence-corrected chi connectivity index (χ0v) is 10.4. The Morgan fingerprint density at radius 3 is 2.71 bits per heavy atom. The molecule has 0 aliphatic carbocycles.